The van der Waals surface area contributed by atoms with Crippen LogP contribution in [0, 0.1) is 6.92 Å². The van der Waals surface area contributed by atoms with E-state index in [-0.39, 0.29) is 5.92 Å². The fourth-order valence-corrected chi connectivity index (χ4v) is 5.00. The van der Waals surface area contributed by atoms with Crippen molar-refractivity contribution in [3.05, 3.63) is 48.0 Å². The van der Waals surface area contributed by atoms with Crippen LogP contribution in [0.5, 0.6) is 0 Å². The van der Waals surface area contributed by atoms with E-state index in [4.69, 9.17) is 0 Å². The number of rotatable bonds is 4. The Balaban J connectivity index is 1.87. The van der Waals surface area contributed by atoms with E-state index in [2.05, 4.69) is 23.4 Å². The summed E-state index contributed by atoms with van der Waals surface area (Å²) in [5, 5.41) is 0. The lowest BCUT2D eigenvalue weighted by Gasteiger charge is -2.32. The lowest BCUT2D eigenvalue weighted by molar-refractivity contribution is 0.302. The molecule has 0 bridgehead atoms. The number of nitrogens with zero attached hydrogens (tertiary/aromatic N) is 3. The largest absolute Gasteiger partial charge is 0.332 e. The van der Waals surface area contributed by atoms with Crippen LogP contribution in [0.25, 0.3) is 0 Å². The van der Waals surface area contributed by atoms with Crippen LogP contribution in [-0.2, 0) is 10.0 Å². The first kappa shape index (κ1) is 17.2. The van der Waals surface area contributed by atoms with Gasteiger partial charge in [-0.3, -0.25) is 0 Å². The molecule has 130 valence electrons. The van der Waals surface area contributed by atoms with Crippen LogP contribution in [0.4, 0.5) is 0 Å². The lowest BCUT2D eigenvalue weighted by Crippen LogP contribution is -2.39. The molecule has 24 heavy (non-hydrogen) atoms. The highest BCUT2D eigenvalue weighted by atomic mass is 32.2. The van der Waals surface area contributed by atoms with Gasteiger partial charge in [0.2, 0.25) is 10.0 Å². The summed E-state index contributed by atoms with van der Waals surface area (Å²) < 4.78 is 29.7. The molecular formula is C18H25N3O2S. The molecule has 0 radical (unpaired) electrons. The predicted octanol–water partition coefficient (Wildman–Crippen LogP) is 3.34. The van der Waals surface area contributed by atoms with E-state index >= 15 is 0 Å². The molecule has 1 aliphatic rings. The smallest absolute Gasteiger partial charge is 0.243 e. The number of benzene rings is 1. The van der Waals surface area contributed by atoms with Crippen molar-refractivity contribution in [2.45, 2.75) is 50.5 Å². The first-order valence-electron chi connectivity index (χ1n) is 8.49. The molecule has 3 rings (SSSR count). The summed E-state index contributed by atoms with van der Waals surface area (Å²) in [5.41, 5.74) is 0.958. The Morgan fingerprint density at radius 3 is 2.79 bits per heavy atom. The maximum Gasteiger partial charge on any atom is 0.243 e. The van der Waals surface area contributed by atoms with E-state index < -0.39 is 10.0 Å². The highest BCUT2D eigenvalue weighted by Crippen LogP contribution is 2.30. The number of aryl methyl sites for hydroxylation is 1. The average molecular weight is 347 g/mol. The fraction of sp³-hybridized carbons (Fsp3) is 0.500. The molecule has 0 saturated carbocycles. The minimum atomic E-state index is -3.45. The van der Waals surface area contributed by atoms with Gasteiger partial charge in [-0.25, -0.2) is 13.4 Å². The van der Waals surface area contributed by atoms with Crippen molar-refractivity contribution in [3.63, 3.8) is 0 Å². The second-order valence-electron chi connectivity index (χ2n) is 6.81. The van der Waals surface area contributed by atoms with Gasteiger partial charge in [0.15, 0.2) is 0 Å². The molecule has 6 heteroatoms. The second-order valence-corrected chi connectivity index (χ2v) is 8.74. The quantitative estimate of drug-likeness (QED) is 0.852. The van der Waals surface area contributed by atoms with Gasteiger partial charge in [-0.05, 0) is 51.3 Å². The second kappa shape index (κ2) is 6.69. The van der Waals surface area contributed by atoms with E-state index in [1.165, 1.54) is 0 Å². The third-order valence-electron chi connectivity index (χ3n) is 4.63. The molecular weight excluding hydrogens is 322 g/mol. The molecule has 1 fully saturated rings. The summed E-state index contributed by atoms with van der Waals surface area (Å²) in [6.07, 6.45) is 5.63. The molecule has 0 aliphatic carbocycles. The Bertz CT molecular complexity index is 811. The van der Waals surface area contributed by atoms with Crippen molar-refractivity contribution in [2.24, 2.45) is 0 Å². The van der Waals surface area contributed by atoms with Crippen molar-refractivity contribution >= 4 is 10.0 Å². The van der Waals surface area contributed by atoms with Gasteiger partial charge in [-0.2, -0.15) is 4.31 Å². The summed E-state index contributed by atoms with van der Waals surface area (Å²) >= 11 is 0. The minimum Gasteiger partial charge on any atom is -0.332 e. The maximum atomic E-state index is 13.0. The van der Waals surface area contributed by atoms with Gasteiger partial charge in [0.25, 0.3) is 0 Å². The first-order chi connectivity index (χ1) is 11.4. The molecule has 0 unspecified atom stereocenters. The Kier molecular flexibility index (Phi) is 4.78. The number of sulfonamides is 1. The molecule has 0 N–H and O–H groups in total. The van der Waals surface area contributed by atoms with Gasteiger partial charge in [0, 0.05) is 37.4 Å². The first-order valence-corrected chi connectivity index (χ1v) is 9.93. The summed E-state index contributed by atoms with van der Waals surface area (Å²) in [7, 11) is -3.45. The third kappa shape index (κ3) is 3.26. The lowest BCUT2D eigenvalue weighted by atomic mass is 9.98. The molecule has 1 aliphatic heterocycles. The summed E-state index contributed by atoms with van der Waals surface area (Å²) in [5.74, 6) is 1.14. The number of aromatic nitrogens is 2. The van der Waals surface area contributed by atoms with Crippen LogP contribution >= 0.6 is 0 Å². The van der Waals surface area contributed by atoms with Crippen molar-refractivity contribution in [2.75, 3.05) is 13.1 Å². The summed E-state index contributed by atoms with van der Waals surface area (Å²) in [6, 6.07) is 7.47. The van der Waals surface area contributed by atoms with Gasteiger partial charge in [0.1, 0.15) is 5.82 Å². The van der Waals surface area contributed by atoms with Crippen molar-refractivity contribution in [3.8, 4) is 0 Å². The van der Waals surface area contributed by atoms with Crippen molar-refractivity contribution < 1.29 is 8.42 Å². The van der Waals surface area contributed by atoms with Crippen molar-refractivity contribution in [1.82, 2.24) is 13.9 Å². The summed E-state index contributed by atoms with van der Waals surface area (Å²) in [6.45, 7) is 7.23. The van der Waals surface area contributed by atoms with Crippen LogP contribution in [0.15, 0.2) is 41.6 Å². The van der Waals surface area contributed by atoms with Crippen molar-refractivity contribution in [1.29, 1.82) is 0 Å². The van der Waals surface area contributed by atoms with Gasteiger partial charge in [-0.1, -0.05) is 12.1 Å². The van der Waals surface area contributed by atoms with E-state index in [0.717, 1.165) is 24.2 Å². The Morgan fingerprint density at radius 1 is 1.29 bits per heavy atom. The number of piperidine rings is 1. The predicted molar refractivity (Wildman–Crippen MR) is 94.5 cm³/mol. The highest BCUT2D eigenvalue weighted by Gasteiger charge is 2.32. The van der Waals surface area contributed by atoms with E-state index in [0.29, 0.717) is 24.0 Å². The normalized spacial score (nSPS) is 19.8. The average Bonchev–Trinajstić information content (AvgIpc) is 3.05. The molecule has 1 atom stereocenters. The van der Waals surface area contributed by atoms with Gasteiger partial charge in [-0.15, -0.1) is 0 Å². The Labute approximate surface area is 144 Å². The maximum absolute atomic E-state index is 13.0. The summed E-state index contributed by atoms with van der Waals surface area (Å²) in [4.78, 5) is 4.89. The van der Waals surface area contributed by atoms with Gasteiger partial charge in [0.05, 0.1) is 4.90 Å². The Morgan fingerprint density at radius 2 is 2.08 bits per heavy atom. The minimum absolute atomic E-state index is 0.149. The SMILES string of the molecule is Cc1cccc(S(=O)(=O)N2CCC[C@H](c3nccn3C(C)C)C2)c1. The van der Waals surface area contributed by atoms with Crippen LogP contribution in [-0.4, -0.2) is 35.4 Å². The molecule has 1 aromatic carbocycles. The standard InChI is InChI=1S/C18H25N3O2S/c1-14(2)21-11-9-19-18(21)16-7-5-10-20(13-16)24(22,23)17-8-4-6-15(3)12-17/h4,6,8-9,11-12,14,16H,5,7,10,13H2,1-3H3/t16-/m0/s1. The monoisotopic (exact) mass is 347 g/mol. The zero-order chi connectivity index (χ0) is 17.3. The highest BCUT2D eigenvalue weighted by molar-refractivity contribution is 7.89. The van der Waals surface area contributed by atoms with Crippen LogP contribution < -0.4 is 0 Å². The van der Waals surface area contributed by atoms with Crippen LogP contribution in [0.1, 0.15) is 50.0 Å². The Hall–Kier alpha value is -1.66. The number of hydrogen-bond donors (Lipinski definition) is 0. The topological polar surface area (TPSA) is 55.2 Å². The third-order valence-corrected chi connectivity index (χ3v) is 6.49. The zero-order valence-electron chi connectivity index (χ0n) is 14.5. The van der Waals surface area contributed by atoms with Gasteiger partial charge >= 0.3 is 0 Å². The number of hydrogen-bond acceptors (Lipinski definition) is 3. The molecule has 2 heterocycles. The molecule has 5 nitrogen and oxygen atoms in total. The fourth-order valence-electron chi connectivity index (χ4n) is 3.37. The molecule has 1 aromatic heterocycles. The molecule has 0 spiro atoms. The zero-order valence-corrected chi connectivity index (χ0v) is 15.3. The van der Waals surface area contributed by atoms with E-state index in [1.54, 1.807) is 22.5 Å². The number of imidazole rings is 1. The van der Waals surface area contributed by atoms with Crippen LogP contribution in [0.3, 0.4) is 0 Å². The van der Waals surface area contributed by atoms with Crippen LogP contribution in [0.2, 0.25) is 0 Å². The molecule has 1 saturated heterocycles. The molecule has 0 amide bonds. The van der Waals surface area contributed by atoms with Gasteiger partial charge < -0.3 is 4.57 Å². The van der Waals surface area contributed by atoms with E-state index in [9.17, 15) is 8.42 Å². The van der Waals surface area contributed by atoms with E-state index in [1.807, 2.05) is 25.4 Å². The molecule has 2 aromatic rings.